The molecule has 2 rings (SSSR count). The first-order valence-electron chi connectivity index (χ1n) is 6.59. The minimum absolute atomic E-state index is 0.431. The fraction of sp³-hybridized carbons (Fsp3) is 0.500. The quantitative estimate of drug-likeness (QED) is 0.824. The molecule has 1 aromatic heterocycles. The predicted octanol–water partition coefficient (Wildman–Crippen LogP) is 0.681. The van der Waals surface area contributed by atoms with Crippen molar-refractivity contribution in [2.24, 2.45) is 5.92 Å². The summed E-state index contributed by atoms with van der Waals surface area (Å²) in [5, 5.41) is 21.4. The third kappa shape index (κ3) is 2.89. The summed E-state index contributed by atoms with van der Waals surface area (Å²) in [6.45, 7) is 6.02. The Morgan fingerprint density at radius 2 is 2.35 bits per heavy atom. The van der Waals surface area contributed by atoms with Gasteiger partial charge in [0.25, 0.3) is 0 Å². The molecule has 0 radical (unpaired) electrons. The summed E-state index contributed by atoms with van der Waals surface area (Å²) in [6.07, 6.45) is 0. The first-order chi connectivity index (χ1) is 9.52. The van der Waals surface area contributed by atoms with Crippen molar-refractivity contribution in [3.05, 3.63) is 22.9 Å². The Morgan fingerprint density at radius 3 is 2.95 bits per heavy atom. The Bertz CT molecular complexity index is 542. The number of nitriles is 1. The number of rotatable bonds is 2. The molecule has 6 heteroatoms. The zero-order chi connectivity index (χ0) is 14.7. The topological polar surface area (TPSA) is 89.2 Å². The number of aromatic nitrogens is 1. The van der Waals surface area contributed by atoms with Crippen LogP contribution in [-0.4, -0.2) is 42.2 Å². The van der Waals surface area contributed by atoms with Crippen molar-refractivity contribution >= 4 is 11.8 Å². The first-order valence-corrected chi connectivity index (χ1v) is 6.59. The molecule has 1 aliphatic heterocycles. The van der Waals surface area contributed by atoms with E-state index in [0.29, 0.717) is 30.9 Å². The number of anilines is 1. The van der Waals surface area contributed by atoms with E-state index in [1.54, 1.807) is 6.92 Å². The monoisotopic (exact) mass is 274 g/mol. The number of carboxylic acids is 1. The standard InChI is InChI=1S/C14H18N4O2/c1-9-5-13(17-10(2)12(9)6-15)18-4-3-16-7-11(8-18)14(19)20/h5,11,16H,3-4,7-8H2,1-2H3,(H,19,20). The van der Waals surface area contributed by atoms with Gasteiger partial charge in [0.05, 0.1) is 17.2 Å². The number of aryl methyl sites for hydroxylation is 2. The Morgan fingerprint density at radius 1 is 1.60 bits per heavy atom. The zero-order valence-electron chi connectivity index (χ0n) is 11.7. The van der Waals surface area contributed by atoms with Crippen molar-refractivity contribution in [2.45, 2.75) is 13.8 Å². The highest BCUT2D eigenvalue weighted by Crippen LogP contribution is 2.20. The lowest BCUT2D eigenvalue weighted by molar-refractivity contribution is -0.141. The van der Waals surface area contributed by atoms with Crippen LogP contribution >= 0.6 is 0 Å². The first kappa shape index (κ1) is 14.3. The summed E-state index contributed by atoms with van der Waals surface area (Å²) < 4.78 is 0. The molecular weight excluding hydrogens is 256 g/mol. The van der Waals surface area contributed by atoms with Gasteiger partial charge in [0.15, 0.2) is 0 Å². The molecule has 1 aromatic rings. The van der Waals surface area contributed by atoms with E-state index < -0.39 is 11.9 Å². The van der Waals surface area contributed by atoms with Gasteiger partial charge in [0.2, 0.25) is 0 Å². The number of aliphatic carboxylic acids is 1. The number of nitrogens with zero attached hydrogens (tertiary/aromatic N) is 3. The maximum absolute atomic E-state index is 11.2. The van der Waals surface area contributed by atoms with E-state index in [2.05, 4.69) is 16.4 Å². The smallest absolute Gasteiger partial charge is 0.309 e. The van der Waals surface area contributed by atoms with Crippen LogP contribution in [0.4, 0.5) is 5.82 Å². The number of nitrogens with one attached hydrogen (secondary N) is 1. The molecule has 0 bridgehead atoms. The van der Waals surface area contributed by atoms with Crippen LogP contribution in [0.25, 0.3) is 0 Å². The van der Waals surface area contributed by atoms with Crippen molar-refractivity contribution in [3.63, 3.8) is 0 Å². The van der Waals surface area contributed by atoms with Gasteiger partial charge in [-0.2, -0.15) is 5.26 Å². The van der Waals surface area contributed by atoms with Crippen LogP contribution in [0, 0.1) is 31.1 Å². The Hall–Kier alpha value is -2.13. The highest BCUT2D eigenvalue weighted by Gasteiger charge is 2.24. The van der Waals surface area contributed by atoms with Crippen molar-refractivity contribution < 1.29 is 9.90 Å². The van der Waals surface area contributed by atoms with Gasteiger partial charge in [-0.25, -0.2) is 4.98 Å². The molecule has 1 fully saturated rings. The predicted molar refractivity (Wildman–Crippen MR) is 74.6 cm³/mol. The van der Waals surface area contributed by atoms with Crippen LogP contribution in [0.3, 0.4) is 0 Å². The van der Waals surface area contributed by atoms with Gasteiger partial charge in [-0.05, 0) is 25.5 Å². The molecule has 2 heterocycles. The van der Waals surface area contributed by atoms with Crippen molar-refractivity contribution in [1.29, 1.82) is 5.26 Å². The van der Waals surface area contributed by atoms with Gasteiger partial charge in [-0.3, -0.25) is 4.79 Å². The molecule has 1 saturated heterocycles. The summed E-state index contributed by atoms with van der Waals surface area (Å²) in [6, 6.07) is 4.00. The number of carboxylic acid groups (broad SMARTS) is 1. The van der Waals surface area contributed by atoms with Crippen LogP contribution in [0.5, 0.6) is 0 Å². The molecule has 1 atom stereocenters. The van der Waals surface area contributed by atoms with Crippen LogP contribution in [0.1, 0.15) is 16.8 Å². The van der Waals surface area contributed by atoms with Gasteiger partial charge < -0.3 is 15.3 Å². The minimum Gasteiger partial charge on any atom is -0.481 e. The summed E-state index contributed by atoms with van der Waals surface area (Å²) in [7, 11) is 0. The summed E-state index contributed by atoms with van der Waals surface area (Å²) in [5.74, 6) is -0.504. The average Bonchev–Trinajstić information content (AvgIpc) is 2.64. The van der Waals surface area contributed by atoms with Crippen LogP contribution in [0.2, 0.25) is 0 Å². The average molecular weight is 274 g/mol. The summed E-state index contributed by atoms with van der Waals surface area (Å²) in [5.41, 5.74) is 2.15. The van der Waals surface area contributed by atoms with E-state index in [4.69, 9.17) is 5.26 Å². The molecule has 20 heavy (non-hydrogen) atoms. The third-order valence-corrected chi connectivity index (χ3v) is 3.56. The SMILES string of the molecule is Cc1cc(N2CCNCC(C(=O)O)C2)nc(C)c1C#N. The van der Waals surface area contributed by atoms with Gasteiger partial charge in [-0.15, -0.1) is 0 Å². The Labute approximate surface area is 118 Å². The van der Waals surface area contributed by atoms with E-state index in [1.807, 2.05) is 17.9 Å². The summed E-state index contributed by atoms with van der Waals surface area (Å²) in [4.78, 5) is 17.6. The summed E-state index contributed by atoms with van der Waals surface area (Å²) >= 11 is 0. The van der Waals surface area contributed by atoms with E-state index in [-0.39, 0.29) is 0 Å². The second-order valence-corrected chi connectivity index (χ2v) is 5.05. The lowest BCUT2D eigenvalue weighted by Gasteiger charge is -2.24. The highest BCUT2D eigenvalue weighted by atomic mass is 16.4. The molecular formula is C14H18N4O2. The number of hydrogen-bond acceptors (Lipinski definition) is 5. The maximum atomic E-state index is 11.2. The molecule has 106 valence electrons. The van der Waals surface area contributed by atoms with Gasteiger partial charge in [-0.1, -0.05) is 0 Å². The van der Waals surface area contributed by atoms with E-state index in [0.717, 1.165) is 17.9 Å². The molecule has 1 aliphatic rings. The maximum Gasteiger partial charge on any atom is 0.309 e. The molecule has 0 amide bonds. The van der Waals surface area contributed by atoms with Crippen molar-refractivity contribution in [1.82, 2.24) is 10.3 Å². The zero-order valence-corrected chi connectivity index (χ0v) is 11.7. The van der Waals surface area contributed by atoms with E-state index >= 15 is 0 Å². The fourth-order valence-corrected chi connectivity index (χ4v) is 2.43. The highest BCUT2D eigenvalue weighted by molar-refractivity contribution is 5.71. The van der Waals surface area contributed by atoms with E-state index in [1.165, 1.54) is 0 Å². The van der Waals surface area contributed by atoms with Crippen molar-refractivity contribution in [3.8, 4) is 6.07 Å². The van der Waals surface area contributed by atoms with Crippen LogP contribution in [-0.2, 0) is 4.79 Å². The fourth-order valence-electron chi connectivity index (χ4n) is 2.43. The van der Waals surface area contributed by atoms with Gasteiger partial charge in [0.1, 0.15) is 11.9 Å². The normalized spacial score (nSPS) is 19.2. The number of carbonyl (C=O) groups is 1. The Balaban J connectivity index is 2.30. The molecule has 0 spiro atoms. The molecule has 6 nitrogen and oxygen atoms in total. The lowest BCUT2D eigenvalue weighted by atomic mass is 10.1. The number of pyridine rings is 1. The number of hydrogen-bond donors (Lipinski definition) is 2. The third-order valence-electron chi connectivity index (χ3n) is 3.56. The van der Waals surface area contributed by atoms with E-state index in [9.17, 15) is 9.90 Å². The largest absolute Gasteiger partial charge is 0.481 e. The molecule has 0 aliphatic carbocycles. The van der Waals surface area contributed by atoms with Gasteiger partial charge >= 0.3 is 5.97 Å². The minimum atomic E-state index is -0.800. The van der Waals surface area contributed by atoms with Crippen LogP contribution < -0.4 is 10.2 Å². The second kappa shape index (κ2) is 5.88. The molecule has 2 N–H and O–H groups in total. The molecule has 0 aromatic carbocycles. The molecule has 0 saturated carbocycles. The molecule has 1 unspecified atom stereocenters. The van der Waals surface area contributed by atoms with Crippen LogP contribution in [0.15, 0.2) is 6.07 Å². The van der Waals surface area contributed by atoms with Crippen molar-refractivity contribution in [2.75, 3.05) is 31.1 Å². The Kier molecular flexibility index (Phi) is 4.20. The lowest BCUT2D eigenvalue weighted by Crippen LogP contribution is -2.34. The second-order valence-electron chi connectivity index (χ2n) is 5.05. The van der Waals surface area contributed by atoms with Gasteiger partial charge in [0, 0.05) is 26.2 Å².